The van der Waals surface area contributed by atoms with Crippen molar-refractivity contribution in [3.8, 4) is 0 Å². The molecule has 0 saturated carbocycles. The van der Waals surface area contributed by atoms with Crippen molar-refractivity contribution in [2.75, 3.05) is 47.0 Å². The Labute approximate surface area is 227 Å². The van der Waals surface area contributed by atoms with Crippen molar-refractivity contribution in [3.05, 3.63) is 71.9 Å². The molecule has 13 heteroatoms. The molecule has 1 fully saturated rings. The molecule has 1 aromatic heterocycles. The van der Waals surface area contributed by atoms with Gasteiger partial charge < -0.3 is 25.8 Å². The number of benzene rings is 2. The van der Waals surface area contributed by atoms with Gasteiger partial charge in [0.05, 0.1) is 5.03 Å². The second-order valence-corrected chi connectivity index (χ2v) is 9.14. The van der Waals surface area contributed by atoms with E-state index >= 15 is 0 Å². The van der Waals surface area contributed by atoms with Crippen LogP contribution < -0.4 is 20.9 Å². The molecule has 2 heterocycles. The third-order valence-electron chi connectivity index (χ3n) is 5.94. The fourth-order valence-electron chi connectivity index (χ4n) is 3.92. The van der Waals surface area contributed by atoms with Gasteiger partial charge in [-0.25, -0.2) is 4.98 Å². The minimum absolute atomic E-state index is 0.0452. The molecular weight excluding hydrogens is 535 g/mol. The van der Waals surface area contributed by atoms with E-state index in [4.69, 9.17) is 11.6 Å². The first kappa shape index (κ1) is 27.7. The number of alkyl halides is 3. The highest BCUT2D eigenvalue weighted by Crippen LogP contribution is 2.35. The Morgan fingerprint density at radius 3 is 2.26 bits per heavy atom. The van der Waals surface area contributed by atoms with Gasteiger partial charge in [0.15, 0.2) is 0 Å². The molecule has 204 valence electrons. The molecule has 2 aromatic carbocycles. The molecule has 4 rings (SSSR count). The predicted molar refractivity (Wildman–Crippen MR) is 145 cm³/mol. The first-order valence-corrected chi connectivity index (χ1v) is 12.2. The first-order valence-electron chi connectivity index (χ1n) is 11.8. The van der Waals surface area contributed by atoms with Gasteiger partial charge in [-0.2, -0.15) is 18.2 Å². The van der Waals surface area contributed by atoms with E-state index in [9.17, 15) is 22.8 Å². The minimum Gasteiger partial charge on any atom is -0.368 e. The highest BCUT2D eigenvalue weighted by Gasteiger charge is 2.35. The largest absolute Gasteiger partial charge is 0.421 e. The van der Waals surface area contributed by atoms with Crippen LogP contribution in [0.4, 0.5) is 47.7 Å². The van der Waals surface area contributed by atoms with Crippen LogP contribution in [0.2, 0.25) is 0 Å². The SMILES string of the molecule is C=C(Cl)C(=O)Nc1cccc(Nc2nc(Nc3ccc(N4CCN(C(C)=O)CC4)cc3)ncc2C(F)(F)F)c1. The average molecular weight is 560 g/mol. The minimum atomic E-state index is -4.71. The molecule has 0 aliphatic carbocycles. The van der Waals surface area contributed by atoms with Crippen LogP contribution in [0.3, 0.4) is 0 Å². The van der Waals surface area contributed by atoms with Gasteiger partial charge >= 0.3 is 6.18 Å². The molecule has 1 aliphatic rings. The lowest BCUT2D eigenvalue weighted by Gasteiger charge is -2.35. The normalized spacial score (nSPS) is 13.6. The maximum atomic E-state index is 13.7. The van der Waals surface area contributed by atoms with E-state index in [1.165, 1.54) is 12.1 Å². The average Bonchev–Trinajstić information content (AvgIpc) is 2.89. The topological polar surface area (TPSA) is 102 Å². The van der Waals surface area contributed by atoms with Crippen LogP contribution in [0, 0.1) is 0 Å². The Morgan fingerprint density at radius 2 is 1.64 bits per heavy atom. The summed E-state index contributed by atoms with van der Waals surface area (Å²) in [6.07, 6.45) is -4.01. The molecule has 9 nitrogen and oxygen atoms in total. The lowest BCUT2D eigenvalue weighted by Crippen LogP contribution is -2.48. The zero-order valence-corrected chi connectivity index (χ0v) is 21.6. The number of carbonyl (C=O) groups excluding carboxylic acids is 2. The van der Waals surface area contributed by atoms with Crippen molar-refractivity contribution in [2.24, 2.45) is 0 Å². The maximum absolute atomic E-state index is 13.7. The molecule has 0 unspecified atom stereocenters. The quantitative estimate of drug-likeness (QED) is 0.336. The van der Waals surface area contributed by atoms with Gasteiger partial charge in [0.1, 0.15) is 11.4 Å². The Morgan fingerprint density at radius 1 is 0.974 bits per heavy atom. The van der Waals surface area contributed by atoms with E-state index < -0.39 is 23.5 Å². The number of amides is 2. The Bertz CT molecular complexity index is 1370. The molecule has 1 aliphatic heterocycles. The van der Waals surface area contributed by atoms with Gasteiger partial charge in [0.25, 0.3) is 5.91 Å². The number of nitrogens with one attached hydrogen (secondary N) is 3. The number of carbonyl (C=O) groups is 2. The molecule has 3 N–H and O–H groups in total. The van der Waals surface area contributed by atoms with Crippen molar-refractivity contribution < 1.29 is 22.8 Å². The van der Waals surface area contributed by atoms with Gasteiger partial charge in [-0.05, 0) is 42.5 Å². The predicted octanol–water partition coefficient (Wildman–Crippen LogP) is 5.34. The summed E-state index contributed by atoms with van der Waals surface area (Å²) >= 11 is 5.58. The van der Waals surface area contributed by atoms with E-state index in [2.05, 4.69) is 37.4 Å². The fourth-order valence-corrected chi connectivity index (χ4v) is 3.97. The van der Waals surface area contributed by atoms with Gasteiger partial charge in [-0.1, -0.05) is 24.2 Å². The van der Waals surface area contributed by atoms with Crippen molar-refractivity contribution >= 4 is 57.9 Å². The van der Waals surface area contributed by atoms with E-state index in [0.717, 1.165) is 5.69 Å². The second kappa shape index (κ2) is 11.6. The first-order chi connectivity index (χ1) is 18.5. The number of halogens is 4. The maximum Gasteiger partial charge on any atom is 0.421 e. The number of anilines is 6. The molecule has 39 heavy (non-hydrogen) atoms. The van der Waals surface area contributed by atoms with E-state index in [1.807, 2.05) is 12.1 Å². The number of hydrogen-bond acceptors (Lipinski definition) is 7. The van der Waals surface area contributed by atoms with Crippen LogP contribution in [0.25, 0.3) is 0 Å². The third kappa shape index (κ3) is 7.17. The molecule has 0 radical (unpaired) electrons. The molecule has 2 amide bonds. The van der Waals surface area contributed by atoms with Crippen LogP contribution in [0.1, 0.15) is 12.5 Å². The Hall–Kier alpha value is -4.32. The summed E-state index contributed by atoms with van der Waals surface area (Å²) < 4.78 is 41.1. The van der Waals surface area contributed by atoms with Gasteiger partial charge in [-0.3, -0.25) is 9.59 Å². The molecule has 3 aromatic rings. The van der Waals surface area contributed by atoms with Gasteiger partial charge in [0.2, 0.25) is 11.9 Å². The van der Waals surface area contributed by atoms with Crippen LogP contribution in [-0.2, 0) is 15.8 Å². The molecule has 0 atom stereocenters. The molecular formula is C26H25ClF3N7O2. The molecule has 0 spiro atoms. The zero-order chi connectivity index (χ0) is 28.2. The van der Waals surface area contributed by atoms with E-state index in [-0.39, 0.29) is 22.6 Å². The van der Waals surface area contributed by atoms with Crippen molar-refractivity contribution in [3.63, 3.8) is 0 Å². The summed E-state index contributed by atoms with van der Waals surface area (Å²) in [6, 6.07) is 13.4. The number of hydrogen-bond donors (Lipinski definition) is 3. The van der Waals surface area contributed by atoms with E-state index in [1.54, 1.807) is 36.1 Å². The van der Waals surface area contributed by atoms with Crippen molar-refractivity contribution in [2.45, 2.75) is 13.1 Å². The van der Waals surface area contributed by atoms with Crippen molar-refractivity contribution in [1.29, 1.82) is 0 Å². The second-order valence-electron chi connectivity index (χ2n) is 8.68. The number of nitrogens with zero attached hydrogens (tertiary/aromatic N) is 4. The van der Waals surface area contributed by atoms with Crippen molar-refractivity contribution in [1.82, 2.24) is 14.9 Å². The highest BCUT2D eigenvalue weighted by molar-refractivity contribution is 6.43. The lowest BCUT2D eigenvalue weighted by atomic mass is 10.2. The lowest BCUT2D eigenvalue weighted by molar-refractivity contribution is -0.137. The number of aromatic nitrogens is 2. The van der Waals surface area contributed by atoms with Crippen LogP contribution in [0.15, 0.2) is 66.3 Å². The smallest absolute Gasteiger partial charge is 0.368 e. The van der Waals surface area contributed by atoms with Crippen LogP contribution in [0.5, 0.6) is 0 Å². The number of rotatable bonds is 7. The third-order valence-corrected chi connectivity index (χ3v) is 6.11. The van der Waals surface area contributed by atoms with Crippen LogP contribution in [-0.4, -0.2) is 52.9 Å². The van der Waals surface area contributed by atoms with Gasteiger partial charge in [-0.15, -0.1) is 0 Å². The van der Waals surface area contributed by atoms with E-state index in [0.29, 0.717) is 43.8 Å². The monoisotopic (exact) mass is 559 g/mol. The van der Waals surface area contributed by atoms with Gasteiger partial charge in [0, 0.05) is 62.0 Å². The fraction of sp³-hybridized carbons (Fsp3) is 0.231. The standard InChI is InChI=1S/C26H25ClF3N7O2/c1-16(27)24(39)33-20-5-3-4-19(14-20)32-23-22(26(28,29)30)15-31-25(35-23)34-18-6-8-21(9-7-18)37-12-10-36(11-13-37)17(2)38/h3-9,14-15H,1,10-13H2,2H3,(H,33,39)(H2,31,32,34,35). The Balaban J connectivity index is 1.50. The zero-order valence-electron chi connectivity index (χ0n) is 20.8. The molecule has 1 saturated heterocycles. The summed E-state index contributed by atoms with van der Waals surface area (Å²) in [5, 5.41) is 7.85. The summed E-state index contributed by atoms with van der Waals surface area (Å²) in [6.45, 7) is 7.58. The Kier molecular flexibility index (Phi) is 8.24. The summed E-state index contributed by atoms with van der Waals surface area (Å²) in [4.78, 5) is 35.2. The van der Waals surface area contributed by atoms with Crippen LogP contribution >= 0.6 is 11.6 Å². The summed E-state index contributed by atoms with van der Waals surface area (Å²) in [5.74, 6) is -1.10. The number of piperazine rings is 1. The summed E-state index contributed by atoms with van der Waals surface area (Å²) in [5.41, 5.74) is 1.03. The highest BCUT2D eigenvalue weighted by atomic mass is 35.5. The molecule has 0 bridgehead atoms. The summed E-state index contributed by atoms with van der Waals surface area (Å²) in [7, 11) is 0.